The molecule has 0 aliphatic heterocycles. The lowest BCUT2D eigenvalue weighted by Gasteiger charge is -2.25. The van der Waals surface area contributed by atoms with Gasteiger partial charge in [-0.2, -0.15) is 0 Å². The van der Waals surface area contributed by atoms with Crippen molar-refractivity contribution < 1.29 is 34.2 Å². The highest BCUT2D eigenvalue weighted by Crippen LogP contribution is 2.08. The van der Waals surface area contributed by atoms with Crippen LogP contribution in [-0.2, 0) is 30.4 Å². The van der Waals surface area contributed by atoms with E-state index in [1.54, 1.807) is 30.3 Å². The summed E-state index contributed by atoms with van der Waals surface area (Å²) in [6, 6.07) is 3.73. The van der Waals surface area contributed by atoms with Gasteiger partial charge in [-0.3, -0.25) is 29.2 Å². The van der Waals surface area contributed by atoms with E-state index in [1.807, 2.05) is 0 Å². The van der Waals surface area contributed by atoms with Gasteiger partial charge in [0.25, 0.3) is 0 Å². The lowest BCUT2D eigenvalue weighted by atomic mass is 10.0. The minimum absolute atomic E-state index is 0.00567. The summed E-state index contributed by atoms with van der Waals surface area (Å²) in [5, 5.41) is 26.1. The molecule has 3 amide bonds. The van der Waals surface area contributed by atoms with Crippen LogP contribution in [0.1, 0.15) is 44.1 Å². The van der Waals surface area contributed by atoms with Gasteiger partial charge in [-0.05, 0) is 37.7 Å². The number of nitrogens with two attached hydrogens (primary N) is 5. The van der Waals surface area contributed by atoms with Crippen LogP contribution in [0.3, 0.4) is 0 Å². The van der Waals surface area contributed by atoms with E-state index in [9.17, 15) is 29.1 Å². The highest BCUT2D eigenvalue weighted by Gasteiger charge is 2.30. The van der Waals surface area contributed by atoms with Gasteiger partial charge in [0.2, 0.25) is 17.7 Å². The van der Waals surface area contributed by atoms with Gasteiger partial charge in [-0.15, -0.1) is 0 Å². The second-order valence-electron chi connectivity index (χ2n) is 9.65. The summed E-state index contributed by atoms with van der Waals surface area (Å²) in [6.45, 7) is 0.265. The van der Waals surface area contributed by atoms with Crippen LogP contribution in [0.25, 0.3) is 0 Å². The second-order valence-corrected chi connectivity index (χ2v) is 9.65. The molecule has 0 saturated carbocycles. The van der Waals surface area contributed by atoms with Gasteiger partial charge < -0.3 is 54.8 Å². The Bertz CT molecular complexity index is 1140. The largest absolute Gasteiger partial charge is 0.481 e. The molecule has 1 aromatic rings. The van der Waals surface area contributed by atoms with Crippen molar-refractivity contribution in [2.75, 3.05) is 13.1 Å². The minimum atomic E-state index is -1.30. The molecule has 0 saturated heterocycles. The number of carbonyl (C=O) groups excluding carboxylic acids is 3. The number of aliphatic carboxylic acids is 2. The zero-order chi connectivity index (χ0) is 32.4. The molecule has 0 fully saturated rings. The third-order valence-corrected chi connectivity index (χ3v) is 6.06. The van der Waals surface area contributed by atoms with Crippen LogP contribution in [-0.4, -0.2) is 89.0 Å². The third-order valence-electron chi connectivity index (χ3n) is 6.06. The van der Waals surface area contributed by atoms with E-state index >= 15 is 0 Å². The standard InChI is InChI=1S/C26H42N10O7/c27-16(10-11-20(37)38)21(39)34-17(8-4-12-32-25(28)29)22(40)35-18(9-5-13-33-26(30)31)23(41)36-19(24(42)43)14-15-6-2-1-3-7-15/h1-3,6-7,16-19H,4-5,8-14,27H2,(H,34,39)(H,35,40)(H,36,41)(H,37,38)(H,42,43)(H4,28,29,32)(H4,30,31,33). The predicted octanol–water partition coefficient (Wildman–Crippen LogP) is -2.93. The number of rotatable bonds is 20. The molecule has 0 heterocycles. The van der Waals surface area contributed by atoms with Gasteiger partial charge in [0.1, 0.15) is 18.1 Å². The van der Waals surface area contributed by atoms with E-state index in [2.05, 4.69) is 25.9 Å². The van der Waals surface area contributed by atoms with Crippen molar-refractivity contribution in [2.24, 2.45) is 38.7 Å². The monoisotopic (exact) mass is 606 g/mol. The summed E-state index contributed by atoms with van der Waals surface area (Å²) in [5.74, 6) is -5.06. The molecule has 1 rings (SSSR count). The fourth-order valence-electron chi connectivity index (χ4n) is 3.83. The number of nitrogens with one attached hydrogen (secondary N) is 3. The predicted molar refractivity (Wildman–Crippen MR) is 158 cm³/mol. The van der Waals surface area contributed by atoms with Crippen LogP contribution in [0.15, 0.2) is 40.3 Å². The van der Waals surface area contributed by atoms with Crippen molar-refractivity contribution in [3.05, 3.63) is 35.9 Å². The maximum absolute atomic E-state index is 13.4. The molecule has 17 nitrogen and oxygen atoms in total. The number of carboxylic acids is 2. The molecule has 4 atom stereocenters. The molecule has 0 spiro atoms. The third kappa shape index (κ3) is 15.6. The number of nitrogens with zero attached hydrogens (tertiary/aromatic N) is 2. The number of amides is 3. The van der Waals surface area contributed by atoms with Crippen LogP contribution in [0.4, 0.5) is 0 Å². The van der Waals surface area contributed by atoms with E-state index in [0.717, 1.165) is 0 Å². The summed E-state index contributed by atoms with van der Waals surface area (Å²) in [5.41, 5.74) is 27.8. The first kappa shape index (κ1) is 36.1. The lowest BCUT2D eigenvalue weighted by Crippen LogP contribution is -2.57. The molecular weight excluding hydrogens is 564 g/mol. The molecule has 43 heavy (non-hydrogen) atoms. The second kappa shape index (κ2) is 19.2. The Hall–Kier alpha value is -4.93. The number of benzene rings is 1. The maximum Gasteiger partial charge on any atom is 0.326 e. The Morgan fingerprint density at radius 3 is 1.60 bits per heavy atom. The highest BCUT2D eigenvalue weighted by molar-refractivity contribution is 5.94. The fourth-order valence-corrected chi connectivity index (χ4v) is 3.83. The minimum Gasteiger partial charge on any atom is -0.481 e. The number of hydrogen-bond acceptors (Lipinski definition) is 8. The summed E-state index contributed by atoms with van der Waals surface area (Å²) in [4.78, 5) is 69.7. The Kier molecular flexibility index (Phi) is 16.1. The quantitative estimate of drug-likeness (QED) is 0.0405. The first-order chi connectivity index (χ1) is 20.3. The number of aliphatic imine (C=N–C) groups is 2. The van der Waals surface area contributed by atoms with E-state index in [4.69, 9.17) is 33.8 Å². The van der Waals surface area contributed by atoms with Crippen LogP contribution < -0.4 is 44.6 Å². The van der Waals surface area contributed by atoms with Crippen molar-refractivity contribution in [3.63, 3.8) is 0 Å². The van der Waals surface area contributed by atoms with Gasteiger partial charge in [-0.25, -0.2) is 4.79 Å². The fraction of sp³-hybridized carbons (Fsp3) is 0.500. The summed E-state index contributed by atoms with van der Waals surface area (Å²) >= 11 is 0. The van der Waals surface area contributed by atoms with Crippen molar-refractivity contribution in [2.45, 2.75) is 69.1 Å². The topological polar surface area (TPSA) is 317 Å². The molecule has 15 N–H and O–H groups in total. The average molecular weight is 607 g/mol. The van der Waals surface area contributed by atoms with Gasteiger partial charge in [0.15, 0.2) is 11.9 Å². The Balaban J connectivity index is 3.12. The van der Waals surface area contributed by atoms with Gasteiger partial charge >= 0.3 is 11.9 Å². The van der Waals surface area contributed by atoms with Gasteiger partial charge in [0.05, 0.1) is 6.04 Å². The Morgan fingerprint density at radius 1 is 0.698 bits per heavy atom. The maximum atomic E-state index is 13.4. The number of carbonyl (C=O) groups is 5. The zero-order valence-electron chi connectivity index (χ0n) is 23.8. The molecule has 0 bridgehead atoms. The van der Waals surface area contributed by atoms with Crippen LogP contribution in [0, 0.1) is 0 Å². The smallest absolute Gasteiger partial charge is 0.326 e. The zero-order valence-corrected chi connectivity index (χ0v) is 23.8. The molecule has 0 aliphatic carbocycles. The van der Waals surface area contributed by atoms with Crippen molar-refractivity contribution in [1.29, 1.82) is 0 Å². The molecule has 17 heteroatoms. The number of carboxylic acid groups (broad SMARTS) is 2. The average Bonchev–Trinajstić information content (AvgIpc) is 2.94. The number of guanidine groups is 2. The Morgan fingerprint density at radius 2 is 1.16 bits per heavy atom. The van der Waals surface area contributed by atoms with E-state index in [0.29, 0.717) is 5.56 Å². The molecular formula is C26H42N10O7. The highest BCUT2D eigenvalue weighted by atomic mass is 16.4. The first-order valence-electron chi connectivity index (χ1n) is 13.6. The molecule has 0 aliphatic rings. The molecule has 4 unspecified atom stereocenters. The van der Waals surface area contributed by atoms with Crippen molar-refractivity contribution in [1.82, 2.24) is 16.0 Å². The Labute approximate surface area is 248 Å². The van der Waals surface area contributed by atoms with Crippen molar-refractivity contribution >= 4 is 41.6 Å². The SMILES string of the molecule is NC(N)=NCCCC(NC(=O)C(N)CCC(=O)O)C(=O)NC(CCCN=C(N)N)C(=O)NC(Cc1ccccc1)C(=O)O. The molecule has 238 valence electrons. The normalized spacial score (nSPS) is 13.3. The van der Waals surface area contributed by atoms with Gasteiger partial charge in [0, 0.05) is 25.9 Å². The van der Waals surface area contributed by atoms with E-state index < -0.39 is 53.8 Å². The first-order valence-corrected chi connectivity index (χ1v) is 13.6. The molecule has 0 radical (unpaired) electrons. The van der Waals surface area contributed by atoms with E-state index in [1.165, 1.54) is 0 Å². The van der Waals surface area contributed by atoms with Gasteiger partial charge in [-0.1, -0.05) is 30.3 Å². The van der Waals surface area contributed by atoms with Crippen molar-refractivity contribution in [3.8, 4) is 0 Å². The summed E-state index contributed by atoms with van der Waals surface area (Å²) < 4.78 is 0. The van der Waals surface area contributed by atoms with Crippen LogP contribution in [0.5, 0.6) is 0 Å². The van der Waals surface area contributed by atoms with Crippen LogP contribution in [0.2, 0.25) is 0 Å². The lowest BCUT2D eigenvalue weighted by molar-refractivity contribution is -0.142. The van der Waals surface area contributed by atoms with Crippen LogP contribution >= 0.6 is 0 Å². The summed E-state index contributed by atoms with van der Waals surface area (Å²) in [6.07, 6.45) is 0.0225. The number of hydrogen-bond donors (Lipinski definition) is 10. The van der Waals surface area contributed by atoms with E-state index in [-0.39, 0.29) is 70.0 Å². The molecule has 1 aromatic carbocycles. The molecule has 0 aromatic heterocycles. The summed E-state index contributed by atoms with van der Waals surface area (Å²) in [7, 11) is 0.